The molecule has 0 saturated carbocycles. The van der Waals surface area contributed by atoms with Gasteiger partial charge in [0, 0.05) is 33.8 Å². The Bertz CT molecular complexity index is 1230. The topological polar surface area (TPSA) is 104 Å². The summed E-state index contributed by atoms with van der Waals surface area (Å²) in [6.07, 6.45) is 1.94. The third-order valence-electron chi connectivity index (χ3n) is 6.00. The van der Waals surface area contributed by atoms with Crippen molar-refractivity contribution in [3.63, 3.8) is 0 Å². The first-order chi connectivity index (χ1) is 17.3. The molecular weight excluding hydrogens is 537 g/mol. The van der Waals surface area contributed by atoms with Gasteiger partial charge in [-0.2, -0.15) is 0 Å². The molecule has 0 unspecified atom stereocenters. The average Bonchev–Trinajstić information content (AvgIpc) is 2.83. The van der Waals surface area contributed by atoms with Crippen LogP contribution in [0.5, 0.6) is 0 Å². The summed E-state index contributed by atoms with van der Waals surface area (Å²) >= 11 is 12.7. The molecule has 0 aliphatic rings. The van der Waals surface area contributed by atoms with Crippen molar-refractivity contribution in [1.29, 1.82) is 0 Å². The molecule has 8 nitrogen and oxygen atoms in total. The summed E-state index contributed by atoms with van der Waals surface area (Å²) in [6, 6.07) is 9.92. The van der Waals surface area contributed by atoms with Gasteiger partial charge in [-0.05, 0) is 51.0 Å². The minimum absolute atomic E-state index is 0.102. The van der Waals surface area contributed by atoms with Crippen LogP contribution in [0.4, 0.5) is 5.69 Å². The van der Waals surface area contributed by atoms with E-state index >= 15 is 0 Å². The Labute approximate surface area is 229 Å². The lowest BCUT2D eigenvalue weighted by atomic mass is 10.1. The standard InChI is InChI=1S/C26H33Cl2N3O5S/c1-6-17(3)29-26(34)24(7-2)30(15-21-22(27)12-9-13-23(21)28)25(33)16-31(37(5,35)36)20-11-8-10-19(14-20)18(4)32/h8-14,17,24H,6-7,15-16H2,1-5H3,(H,29,34)/t17-,24-/m1/s1. The maximum atomic E-state index is 13.8. The molecule has 1 N–H and O–H groups in total. The Kier molecular flexibility index (Phi) is 11.0. The number of nitrogens with zero attached hydrogens (tertiary/aromatic N) is 2. The Balaban J connectivity index is 2.54. The van der Waals surface area contributed by atoms with Crippen LogP contribution in [0.3, 0.4) is 0 Å². The second-order valence-corrected chi connectivity index (χ2v) is 11.6. The molecule has 0 radical (unpaired) electrons. The van der Waals surface area contributed by atoms with Crippen molar-refractivity contribution in [3.8, 4) is 0 Å². The van der Waals surface area contributed by atoms with Crippen molar-refractivity contribution in [2.75, 3.05) is 17.1 Å². The summed E-state index contributed by atoms with van der Waals surface area (Å²) in [6.45, 7) is 6.22. The van der Waals surface area contributed by atoms with E-state index in [1.807, 2.05) is 13.8 Å². The molecule has 0 aliphatic carbocycles. The molecule has 2 amide bonds. The molecule has 2 aromatic carbocycles. The Morgan fingerprint density at radius 1 is 1.00 bits per heavy atom. The fourth-order valence-corrected chi connectivity index (χ4v) is 5.07. The lowest BCUT2D eigenvalue weighted by Crippen LogP contribution is -2.53. The number of ketones is 1. The molecule has 202 valence electrons. The third kappa shape index (κ3) is 8.18. The molecule has 0 heterocycles. The number of nitrogens with one attached hydrogen (secondary N) is 1. The monoisotopic (exact) mass is 569 g/mol. The first kappa shape index (κ1) is 30.6. The second kappa shape index (κ2) is 13.3. The lowest BCUT2D eigenvalue weighted by Gasteiger charge is -2.33. The first-order valence-electron chi connectivity index (χ1n) is 11.9. The molecule has 0 saturated heterocycles. The molecule has 37 heavy (non-hydrogen) atoms. The van der Waals surface area contributed by atoms with E-state index in [0.717, 1.165) is 10.6 Å². The van der Waals surface area contributed by atoms with Crippen molar-refractivity contribution >= 4 is 56.5 Å². The van der Waals surface area contributed by atoms with Crippen molar-refractivity contribution in [1.82, 2.24) is 10.2 Å². The number of hydrogen-bond acceptors (Lipinski definition) is 5. The predicted octanol–water partition coefficient (Wildman–Crippen LogP) is 4.68. The highest BCUT2D eigenvalue weighted by Gasteiger charge is 2.33. The highest BCUT2D eigenvalue weighted by Crippen LogP contribution is 2.28. The van der Waals surface area contributed by atoms with E-state index in [-0.39, 0.29) is 36.4 Å². The molecule has 2 aromatic rings. The molecule has 2 rings (SSSR count). The normalized spacial score (nSPS) is 12.9. The smallest absolute Gasteiger partial charge is 0.244 e. The number of anilines is 1. The zero-order valence-corrected chi connectivity index (χ0v) is 24.0. The highest BCUT2D eigenvalue weighted by atomic mass is 35.5. The van der Waals surface area contributed by atoms with Crippen LogP contribution in [0.2, 0.25) is 10.0 Å². The predicted molar refractivity (Wildman–Crippen MR) is 148 cm³/mol. The summed E-state index contributed by atoms with van der Waals surface area (Å²) in [5, 5.41) is 3.53. The van der Waals surface area contributed by atoms with Crippen LogP contribution in [-0.2, 0) is 26.2 Å². The van der Waals surface area contributed by atoms with Gasteiger partial charge in [0.1, 0.15) is 12.6 Å². The minimum Gasteiger partial charge on any atom is -0.352 e. The summed E-state index contributed by atoms with van der Waals surface area (Å²) in [5.41, 5.74) is 0.910. The Morgan fingerprint density at radius 3 is 2.11 bits per heavy atom. The summed E-state index contributed by atoms with van der Waals surface area (Å²) < 4.78 is 26.4. The van der Waals surface area contributed by atoms with Gasteiger partial charge in [-0.1, -0.05) is 55.2 Å². The van der Waals surface area contributed by atoms with Gasteiger partial charge in [0.2, 0.25) is 21.8 Å². The van der Waals surface area contributed by atoms with Crippen LogP contribution in [0.25, 0.3) is 0 Å². The van der Waals surface area contributed by atoms with Gasteiger partial charge in [-0.15, -0.1) is 0 Å². The van der Waals surface area contributed by atoms with E-state index in [9.17, 15) is 22.8 Å². The lowest BCUT2D eigenvalue weighted by molar-refractivity contribution is -0.140. The van der Waals surface area contributed by atoms with E-state index in [1.54, 1.807) is 37.3 Å². The van der Waals surface area contributed by atoms with E-state index in [1.165, 1.54) is 24.0 Å². The highest BCUT2D eigenvalue weighted by molar-refractivity contribution is 7.92. The van der Waals surface area contributed by atoms with E-state index in [0.29, 0.717) is 27.6 Å². The van der Waals surface area contributed by atoms with Gasteiger partial charge in [-0.3, -0.25) is 18.7 Å². The van der Waals surface area contributed by atoms with Crippen LogP contribution in [0, 0.1) is 0 Å². The molecule has 0 aromatic heterocycles. The largest absolute Gasteiger partial charge is 0.352 e. The maximum Gasteiger partial charge on any atom is 0.244 e. The summed E-state index contributed by atoms with van der Waals surface area (Å²) in [7, 11) is -3.93. The third-order valence-corrected chi connectivity index (χ3v) is 7.85. The van der Waals surface area contributed by atoms with Gasteiger partial charge < -0.3 is 10.2 Å². The van der Waals surface area contributed by atoms with Gasteiger partial charge in [-0.25, -0.2) is 8.42 Å². The average molecular weight is 571 g/mol. The Morgan fingerprint density at radius 2 is 1.59 bits per heavy atom. The number of benzene rings is 2. The summed E-state index contributed by atoms with van der Waals surface area (Å²) in [4.78, 5) is 40.1. The van der Waals surface area contributed by atoms with E-state index < -0.39 is 28.5 Å². The molecule has 2 atom stereocenters. The molecular formula is C26H33Cl2N3O5S. The number of carbonyl (C=O) groups excluding carboxylic acids is 3. The zero-order chi connectivity index (χ0) is 27.9. The van der Waals surface area contributed by atoms with Crippen LogP contribution < -0.4 is 9.62 Å². The van der Waals surface area contributed by atoms with Crippen molar-refractivity contribution in [3.05, 3.63) is 63.6 Å². The van der Waals surface area contributed by atoms with Crippen molar-refractivity contribution in [2.45, 2.75) is 59.2 Å². The van der Waals surface area contributed by atoms with Crippen molar-refractivity contribution < 1.29 is 22.8 Å². The number of sulfonamides is 1. The van der Waals surface area contributed by atoms with Gasteiger partial charge in [0.25, 0.3) is 0 Å². The maximum absolute atomic E-state index is 13.8. The number of hydrogen-bond donors (Lipinski definition) is 1. The minimum atomic E-state index is -3.93. The fraction of sp³-hybridized carbons (Fsp3) is 0.423. The Hall–Kier alpha value is -2.62. The number of carbonyl (C=O) groups is 3. The van der Waals surface area contributed by atoms with Crippen LogP contribution in [0.15, 0.2) is 42.5 Å². The number of Topliss-reactive ketones (excluding diaryl/α,β-unsaturated/α-hetero) is 1. The van der Waals surface area contributed by atoms with Crippen LogP contribution in [0.1, 0.15) is 56.5 Å². The quantitative estimate of drug-likeness (QED) is 0.373. The molecule has 0 spiro atoms. The van der Waals surface area contributed by atoms with Crippen LogP contribution in [-0.4, -0.2) is 55.8 Å². The van der Waals surface area contributed by atoms with Gasteiger partial charge in [0.15, 0.2) is 5.78 Å². The molecule has 0 fully saturated rings. The molecule has 0 bridgehead atoms. The van der Waals surface area contributed by atoms with E-state index in [4.69, 9.17) is 23.2 Å². The van der Waals surface area contributed by atoms with Gasteiger partial charge in [0.05, 0.1) is 11.9 Å². The number of amides is 2. The second-order valence-electron chi connectivity index (χ2n) is 8.84. The summed E-state index contributed by atoms with van der Waals surface area (Å²) in [5.74, 6) is -1.23. The van der Waals surface area contributed by atoms with Gasteiger partial charge >= 0.3 is 0 Å². The van der Waals surface area contributed by atoms with Crippen LogP contribution >= 0.6 is 23.2 Å². The number of halogens is 2. The zero-order valence-electron chi connectivity index (χ0n) is 21.6. The van der Waals surface area contributed by atoms with E-state index in [2.05, 4.69) is 5.32 Å². The molecule has 11 heteroatoms. The number of rotatable bonds is 12. The SMILES string of the molecule is CC[C@@H](C)NC(=O)[C@@H](CC)N(Cc1c(Cl)cccc1Cl)C(=O)CN(c1cccc(C(C)=O)c1)S(C)(=O)=O. The first-order valence-corrected chi connectivity index (χ1v) is 14.5. The molecule has 0 aliphatic heterocycles. The van der Waals surface area contributed by atoms with Crippen molar-refractivity contribution in [2.24, 2.45) is 0 Å². The fourth-order valence-electron chi connectivity index (χ4n) is 3.71.